The minimum Gasteiger partial charge on any atom is -0.454 e. The highest BCUT2D eigenvalue weighted by Gasteiger charge is 2.61. The molecule has 2 bridgehead atoms. The second-order valence-electron chi connectivity index (χ2n) is 7.82. The van der Waals surface area contributed by atoms with Crippen molar-refractivity contribution in [2.45, 2.75) is 19.3 Å². The summed E-state index contributed by atoms with van der Waals surface area (Å²) in [7, 11) is 0. The summed E-state index contributed by atoms with van der Waals surface area (Å²) in [5.74, 6) is -2.97. The van der Waals surface area contributed by atoms with Gasteiger partial charge in [-0.25, -0.2) is 0 Å². The maximum atomic E-state index is 12.6. The lowest BCUT2D eigenvalue weighted by molar-refractivity contribution is -0.155. The lowest BCUT2D eigenvalue weighted by Gasteiger charge is -2.19. The van der Waals surface area contributed by atoms with E-state index in [1.807, 2.05) is 0 Å². The van der Waals surface area contributed by atoms with Crippen LogP contribution < -0.4 is 10.9 Å². The van der Waals surface area contributed by atoms with Crippen molar-refractivity contribution >= 4 is 41.2 Å². The highest BCUT2D eigenvalue weighted by Crippen LogP contribution is 2.56. The molecule has 2 aliphatic carbocycles. The van der Waals surface area contributed by atoms with Gasteiger partial charge in [0.05, 0.1) is 11.8 Å². The number of halogens is 1. The predicted octanol–water partition coefficient (Wildman–Crippen LogP) is 0.675. The van der Waals surface area contributed by atoms with E-state index in [1.165, 1.54) is 24.3 Å². The SMILES string of the molecule is O=C(COC(=O)CN1C(=O)[C@H]2[C@H]3CC[C@@H](C3)[C@@H]2C1=O)NNC(=O)c1ccc(Cl)cc1. The van der Waals surface area contributed by atoms with Gasteiger partial charge in [0.2, 0.25) is 11.8 Å². The van der Waals surface area contributed by atoms with Gasteiger partial charge < -0.3 is 4.74 Å². The number of hydrogen-bond donors (Lipinski definition) is 2. The average Bonchev–Trinajstić information content (AvgIpc) is 3.41. The Balaban J connectivity index is 1.22. The number of likely N-dealkylation sites (tertiary alicyclic amines) is 1. The van der Waals surface area contributed by atoms with Crippen LogP contribution in [0.5, 0.6) is 0 Å². The van der Waals surface area contributed by atoms with Gasteiger partial charge in [-0.1, -0.05) is 11.6 Å². The van der Waals surface area contributed by atoms with Crippen LogP contribution in [-0.2, 0) is 23.9 Å². The fourth-order valence-electron chi connectivity index (χ4n) is 4.78. The molecule has 4 atom stereocenters. The average molecular weight is 434 g/mol. The molecule has 158 valence electrons. The molecule has 2 N–H and O–H groups in total. The van der Waals surface area contributed by atoms with Crippen LogP contribution >= 0.6 is 11.6 Å². The highest BCUT2D eigenvalue weighted by molar-refractivity contribution is 6.30. The first-order valence-corrected chi connectivity index (χ1v) is 10.1. The minimum absolute atomic E-state index is 0.229. The van der Waals surface area contributed by atoms with Crippen molar-refractivity contribution in [2.24, 2.45) is 23.7 Å². The Morgan fingerprint density at radius 1 is 1.00 bits per heavy atom. The molecule has 10 heteroatoms. The van der Waals surface area contributed by atoms with Crippen molar-refractivity contribution in [3.8, 4) is 0 Å². The number of carbonyl (C=O) groups is 5. The Morgan fingerprint density at radius 2 is 1.60 bits per heavy atom. The standard InChI is InChI=1S/C20H20ClN3O6/c21-13-5-3-10(4-6-13)18(27)23-22-14(25)9-30-15(26)8-24-19(28)16-11-1-2-12(7-11)17(16)20(24)29/h3-6,11-12,16-17H,1-2,7-9H2,(H,22,25)(H,23,27)/t11-,12-,16-,17-/m0/s1. The summed E-state index contributed by atoms with van der Waals surface area (Å²) in [6.45, 7) is -1.16. The molecule has 0 aromatic heterocycles. The fourth-order valence-corrected chi connectivity index (χ4v) is 4.91. The number of amides is 4. The van der Waals surface area contributed by atoms with Crippen molar-refractivity contribution in [1.82, 2.24) is 15.8 Å². The molecule has 1 aliphatic heterocycles. The van der Waals surface area contributed by atoms with E-state index in [2.05, 4.69) is 10.9 Å². The van der Waals surface area contributed by atoms with E-state index in [0.717, 1.165) is 24.2 Å². The van der Waals surface area contributed by atoms with E-state index in [9.17, 15) is 24.0 Å². The van der Waals surface area contributed by atoms with Crippen LogP contribution in [0.3, 0.4) is 0 Å². The van der Waals surface area contributed by atoms with Gasteiger partial charge in [0, 0.05) is 10.6 Å². The van der Waals surface area contributed by atoms with Crippen LogP contribution in [0.2, 0.25) is 5.02 Å². The number of esters is 1. The second kappa shape index (κ2) is 8.06. The first-order valence-electron chi connectivity index (χ1n) is 9.70. The van der Waals surface area contributed by atoms with Crippen LogP contribution in [-0.4, -0.2) is 47.6 Å². The predicted molar refractivity (Wildman–Crippen MR) is 103 cm³/mol. The molecule has 3 fully saturated rings. The van der Waals surface area contributed by atoms with Gasteiger partial charge in [-0.3, -0.25) is 39.7 Å². The molecule has 1 heterocycles. The molecule has 1 saturated heterocycles. The third kappa shape index (κ3) is 3.77. The Labute approximate surface area is 177 Å². The maximum absolute atomic E-state index is 12.6. The largest absolute Gasteiger partial charge is 0.454 e. The van der Waals surface area contributed by atoms with E-state index < -0.39 is 30.9 Å². The monoisotopic (exact) mass is 433 g/mol. The van der Waals surface area contributed by atoms with Crippen LogP contribution in [0, 0.1) is 23.7 Å². The van der Waals surface area contributed by atoms with E-state index in [1.54, 1.807) is 0 Å². The summed E-state index contributed by atoms with van der Waals surface area (Å²) >= 11 is 5.74. The third-order valence-electron chi connectivity index (χ3n) is 6.09. The van der Waals surface area contributed by atoms with Gasteiger partial charge in [0.25, 0.3) is 11.8 Å². The van der Waals surface area contributed by atoms with Crippen molar-refractivity contribution in [2.75, 3.05) is 13.2 Å². The molecule has 4 amide bonds. The lowest BCUT2D eigenvalue weighted by Crippen LogP contribution is -2.44. The third-order valence-corrected chi connectivity index (χ3v) is 6.34. The van der Waals surface area contributed by atoms with E-state index >= 15 is 0 Å². The van der Waals surface area contributed by atoms with Crippen LogP contribution in [0.4, 0.5) is 0 Å². The van der Waals surface area contributed by atoms with Gasteiger partial charge in [-0.2, -0.15) is 0 Å². The summed E-state index contributed by atoms with van der Waals surface area (Å²) in [6, 6.07) is 6.02. The molecule has 0 spiro atoms. The number of benzene rings is 1. The Bertz CT molecular complexity index is 890. The molecule has 9 nitrogen and oxygen atoms in total. The van der Waals surface area contributed by atoms with E-state index in [0.29, 0.717) is 5.02 Å². The topological polar surface area (TPSA) is 122 Å². The van der Waals surface area contributed by atoms with Crippen molar-refractivity contribution in [3.63, 3.8) is 0 Å². The Morgan fingerprint density at radius 3 is 2.20 bits per heavy atom. The quantitative estimate of drug-likeness (QED) is 0.400. The van der Waals surface area contributed by atoms with Gasteiger partial charge in [-0.15, -0.1) is 0 Å². The molecule has 1 aromatic carbocycles. The minimum atomic E-state index is -0.858. The smallest absolute Gasteiger partial charge is 0.326 e. The fraction of sp³-hybridized carbons (Fsp3) is 0.450. The van der Waals surface area contributed by atoms with Crippen molar-refractivity contribution in [3.05, 3.63) is 34.9 Å². The number of fused-ring (bicyclic) bond motifs is 5. The zero-order valence-corrected chi connectivity index (χ0v) is 16.7. The number of carbonyl (C=O) groups excluding carboxylic acids is 5. The van der Waals surface area contributed by atoms with Crippen molar-refractivity contribution < 1.29 is 28.7 Å². The molecule has 30 heavy (non-hydrogen) atoms. The summed E-state index contributed by atoms with van der Waals surface area (Å²) in [6.07, 6.45) is 2.81. The van der Waals surface area contributed by atoms with E-state index in [4.69, 9.17) is 16.3 Å². The first-order chi connectivity index (χ1) is 14.3. The van der Waals surface area contributed by atoms with Crippen LogP contribution in [0.15, 0.2) is 24.3 Å². The van der Waals surface area contributed by atoms with Crippen LogP contribution in [0.1, 0.15) is 29.6 Å². The number of nitrogens with one attached hydrogen (secondary N) is 2. The van der Waals surface area contributed by atoms with Crippen molar-refractivity contribution in [1.29, 1.82) is 0 Å². The number of ether oxygens (including phenoxy) is 1. The molecule has 2 saturated carbocycles. The number of hydrazine groups is 1. The molecular formula is C20H20ClN3O6. The molecule has 3 aliphatic rings. The zero-order valence-electron chi connectivity index (χ0n) is 15.9. The molecule has 4 rings (SSSR count). The van der Waals surface area contributed by atoms with Crippen LogP contribution in [0.25, 0.3) is 0 Å². The number of hydrogen-bond acceptors (Lipinski definition) is 6. The molecule has 0 radical (unpaired) electrons. The summed E-state index contributed by atoms with van der Waals surface area (Å²) in [4.78, 5) is 61.8. The lowest BCUT2D eigenvalue weighted by atomic mass is 9.81. The molecular weight excluding hydrogens is 414 g/mol. The summed E-state index contributed by atoms with van der Waals surface area (Å²) in [5.41, 5.74) is 4.58. The number of nitrogens with zero attached hydrogens (tertiary/aromatic N) is 1. The Kier molecular flexibility index (Phi) is 5.46. The first kappa shape index (κ1) is 20.3. The summed E-state index contributed by atoms with van der Waals surface area (Å²) in [5, 5.41) is 0.466. The van der Waals surface area contributed by atoms with Gasteiger partial charge in [-0.05, 0) is 55.4 Å². The zero-order chi connectivity index (χ0) is 21.4. The normalized spacial score (nSPS) is 26.5. The van der Waals surface area contributed by atoms with Gasteiger partial charge >= 0.3 is 5.97 Å². The maximum Gasteiger partial charge on any atom is 0.326 e. The number of imide groups is 1. The highest BCUT2D eigenvalue weighted by atomic mass is 35.5. The molecule has 0 unspecified atom stereocenters. The van der Waals surface area contributed by atoms with E-state index in [-0.39, 0.29) is 41.0 Å². The number of rotatable bonds is 5. The van der Waals surface area contributed by atoms with Gasteiger partial charge in [0.1, 0.15) is 6.54 Å². The Hall–Kier alpha value is -2.94. The molecule has 1 aromatic rings. The summed E-state index contributed by atoms with van der Waals surface area (Å²) < 4.78 is 4.84. The second-order valence-corrected chi connectivity index (χ2v) is 8.25. The van der Waals surface area contributed by atoms with Gasteiger partial charge in [0.15, 0.2) is 6.61 Å².